The fourth-order valence-electron chi connectivity index (χ4n) is 4.41. The molecule has 1 unspecified atom stereocenters. The van der Waals surface area contributed by atoms with Crippen molar-refractivity contribution in [1.82, 2.24) is 30.5 Å². The van der Waals surface area contributed by atoms with Crippen molar-refractivity contribution >= 4 is 11.7 Å². The second-order valence-electron chi connectivity index (χ2n) is 7.95. The maximum Gasteiger partial charge on any atom is 0.225 e. The monoisotopic (exact) mass is 403 g/mol. The van der Waals surface area contributed by atoms with Crippen LogP contribution < -0.4 is 10.2 Å². The lowest BCUT2D eigenvalue weighted by Crippen LogP contribution is -2.43. The summed E-state index contributed by atoms with van der Waals surface area (Å²) in [5.74, 6) is 2.46. The van der Waals surface area contributed by atoms with Gasteiger partial charge in [0.1, 0.15) is 18.0 Å². The molecule has 3 aromatic rings. The summed E-state index contributed by atoms with van der Waals surface area (Å²) in [5.41, 5.74) is 3.46. The number of nitrogens with one attached hydrogen (secondary N) is 2. The molecule has 0 spiro atoms. The molecule has 1 aromatic carbocycles. The van der Waals surface area contributed by atoms with Gasteiger partial charge in [-0.25, -0.2) is 15.0 Å². The van der Waals surface area contributed by atoms with Crippen molar-refractivity contribution in [2.75, 3.05) is 18.0 Å². The lowest BCUT2D eigenvalue weighted by Gasteiger charge is -2.34. The van der Waals surface area contributed by atoms with E-state index in [1.54, 1.807) is 0 Å². The fraction of sp³-hybridized carbons (Fsp3) is 0.409. The van der Waals surface area contributed by atoms with Gasteiger partial charge in [0.15, 0.2) is 5.82 Å². The number of piperidine rings is 1. The van der Waals surface area contributed by atoms with Crippen LogP contribution in [-0.4, -0.2) is 44.1 Å². The summed E-state index contributed by atoms with van der Waals surface area (Å²) in [7, 11) is 0. The van der Waals surface area contributed by atoms with Crippen LogP contribution in [0.15, 0.2) is 36.7 Å². The summed E-state index contributed by atoms with van der Waals surface area (Å²) in [6.07, 6.45) is 6.43. The van der Waals surface area contributed by atoms with Gasteiger partial charge >= 0.3 is 0 Å². The number of rotatable bonds is 5. The minimum Gasteiger partial charge on any atom is -0.355 e. The molecule has 3 heterocycles. The average Bonchev–Trinajstić information content (AvgIpc) is 3.49. The second-order valence-corrected chi connectivity index (χ2v) is 7.95. The third kappa shape index (κ3) is 3.77. The van der Waals surface area contributed by atoms with E-state index in [0.29, 0.717) is 18.9 Å². The Morgan fingerprint density at radius 3 is 2.90 bits per heavy atom. The van der Waals surface area contributed by atoms with Gasteiger partial charge < -0.3 is 10.2 Å². The van der Waals surface area contributed by atoms with Crippen molar-refractivity contribution in [2.24, 2.45) is 5.92 Å². The Morgan fingerprint density at radius 2 is 2.07 bits per heavy atom. The van der Waals surface area contributed by atoms with Crippen molar-refractivity contribution in [1.29, 1.82) is 0 Å². The van der Waals surface area contributed by atoms with Gasteiger partial charge in [-0.05, 0) is 32.1 Å². The summed E-state index contributed by atoms with van der Waals surface area (Å²) in [6, 6.07) is 10.1. The number of amides is 1. The molecule has 1 fully saturated rings. The number of carbonyl (C=O) groups is 1. The van der Waals surface area contributed by atoms with Crippen LogP contribution in [0, 0.1) is 5.92 Å². The first-order chi connectivity index (χ1) is 14.8. The maximum absolute atomic E-state index is 12.8. The molecule has 0 radical (unpaired) electrons. The molecule has 1 amide bonds. The second kappa shape index (κ2) is 8.22. The molecule has 1 aliphatic heterocycles. The Bertz CT molecular complexity index is 1020. The van der Waals surface area contributed by atoms with Crippen LogP contribution in [0.5, 0.6) is 0 Å². The number of anilines is 1. The van der Waals surface area contributed by atoms with Crippen molar-refractivity contribution in [3.8, 4) is 11.4 Å². The topological polar surface area (TPSA) is 99.7 Å². The highest BCUT2D eigenvalue weighted by Crippen LogP contribution is 2.33. The molecule has 5 rings (SSSR count). The molecular formula is C22H25N7O. The third-order valence-corrected chi connectivity index (χ3v) is 5.93. The first kappa shape index (κ1) is 18.7. The Labute approximate surface area is 175 Å². The van der Waals surface area contributed by atoms with Gasteiger partial charge in [-0.15, -0.1) is 0 Å². The van der Waals surface area contributed by atoms with E-state index in [4.69, 9.17) is 9.97 Å². The van der Waals surface area contributed by atoms with Crippen LogP contribution in [0.2, 0.25) is 0 Å². The standard InChI is InChI=1S/C22H25N7O/c30-22(23-12-19-24-14-25-28-19)16-8-5-11-29(13-16)21-17-9-4-10-18(17)26-20(27-21)15-6-2-1-3-7-15/h1-3,6-7,14,16H,4-5,8-13H2,(H,23,30)(H,24,25,28). The lowest BCUT2D eigenvalue weighted by atomic mass is 9.96. The van der Waals surface area contributed by atoms with Crippen LogP contribution in [0.1, 0.15) is 36.3 Å². The Kier molecular flexibility index (Phi) is 5.13. The van der Waals surface area contributed by atoms with Gasteiger partial charge in [-0.1, -0.05) is 30.3 Å². The minimum absolute atomic E-state index is 0.0603. The normalized spacial score (nSPS) is 18.3. The Hall–Kier alpha value is -3.29. The van der Waals surface area contributed by atoms with Crippen molar-refractivity contribution in [3.05, 3.63) is 53.7 Å². The van der Waals surface area contributed by atoms with E-state index in [0.717, 1.165) is 61.5 Å². The van der Waals surface area contributed by atoms with Crippen LogP contribution in [0.25, 0.3) is 11.4 Å². The van der Waals surface area contributed by atoms with E-state index in [-0.39, 0.29) is 11.8 Å². The molecule has 8 nitrogen and oxygen atoms in total. The van der Waals surface area contributed by atoms with Crippen LogP contribution >= 0.6 is 0 Å². The van der Waals surface area contributed by atoms with Crippen LogP contribution in [0.3, 0.4) is 0 Å². The number of fused-ring (bicyclic) bond motifs is 1. The van der Waals surface area contributed by atoms with E-state index in [1.165, 1.54) is 11.9 Å². The van der Waals surface area contributed by atoms with E-state index in [1.807, 2.05) is 18.2 Å². The molecule has 1 aliphatic carbocycles. The predicted octanol–water partition coefficient (Wildman–Crippen LogP) is 2.28. The minimum atomic E-state index is -0.0612. The molecule has 30 heavy (non-hydrogen) atoms. The van der Waals surface area contributed by atoms with Crippen molar-refractivity contribution in [2.45, 2.75) is 38.6 Å². The molecule has 0 saturated carbocycles. The van der Waals surface area contributed by atoms with Crippen molar-refractivity contribution < 1.29 is 4.79 Å². The number of benzene rings is 1. The molecule has 154 valence electrons. The first-order valence-corrected chi connectivity index (χ1v) is 10.6. The SMILES string of the molecule is O=C(NCc1ncn[nH]1)C1CCCN(c2nc(-c3ccccc3)nc3c2CCC3)C1. The Balaban J connectivity index is 1.37. The highest BCUT2D eigenvalue weighted by atomic mass is 16.1. The third-order valence-electron chi connectivity index (χ3n) is 5.93. The molecule has 8 heteroatoms. The van der Waals surface area contributed by atoms with Crippen molar-refractivity contribution in [3.63, 3.8) is 0 Å². The van der Waals surface area contributed by atoms with Gasteiger partial charge in [-0.2, -0.15) is 5.10 Å². The van der Waals surface area contributed by atoms with Crippen LogP contribution in [-0.2, 0) is 24.2 Å². The zero-order chi connectivity index (χ0) is 20.3. The molecule has 1 saturated heterocycles. The number of hydrogen-bond donors (Lipinski definition) is 2. The average molecular weight is 403 g/mol. The van der Waals surface area contributed by atoms with E-state index in [9.17, 15) is 4.79 Å². The molecule has 1 atom stereocenters. The van der Waals surface area contributed by atoms with E-state index >= 15 is 0 Å². The van der Waals surface area contributed by atoms with E-state index < -0.39 is 0 Å². The molecule has 2 aromatic heterocycles. The summed E-state index contributed by atoms with van der Waals surface area (Å²) in [4.78, 5) is 29.0. The zero-order valence-electron chi connectivity index (χ0n) is 16.8. The highest BCUT2D eigenvalue weighted by Gasteiger charge is 2.30. The van der Waals surface area contributed by atoms with Gasteiger partial charge in [0.25, 0.3) is 0 Å². The Morgan fingerprint density at radius 1 is 1.17 bits per heavy atom. The summed E-state index contributed by atoms with van der Waals surface area (Å²) in [5, 5.41) is 9.58. The van der Waals surface area contributed by atoms with Gasteiger partial charge in [0.2, 0.25) is 5.91 Å². The number of hydrogen-bond acceptors (Lipinski definition) is 6. The predicted molar refractivity (Wildman–Crippen MR) is 113 cm³/mol. The van der Waals surface area contributed by atoms with Gasteiger partial charge in [-0.3, -0.25) is 9.89 Å². The smallest absolute Gasteiger partial charge is 0.225 e. The number of aryl methyl sites for hydroxylation is 1. The molecular weight excluding hydrogens is 378 g/mol. The molecule has 2 aliphatic rings. The molecule has 0 bridgehead atoms. The summed E-state index contributed by atoms with van der Waals surface area (Å²) < 4.78 is 0. The first-order valence-electron chi connectivity index (χ1n) is 10.6. The number of aromatic amines is 1. The zero-order valence-corrected chi connectivity index (χ0v) is 16.8. The fourth-order valence-corrected chi connectivity index (χ4v) is 4.41. The summed E-state index contributed by atoms with van der Waals surface area (Å²) >= 11 is 0. The number of aromatic nitrogens is 5. The highest BCUT2D eigenvalue weighted by molar-refractivity contribution is 5.79. The maximum atomic E-state index is 12.8. The molecule has 2 N–H and O–H groups in total. The number of H-pyrrole nitrogens is 1. The van der Waals surface area contributed by atoms with Gasteiger partial charge in [0, 0.05) is 29.9 Å². The van der Waals surface area contributed by atoms with Gasteiger partial charge in [0.05, 0.1) is 12.5 Å². The lowest BCUT2D eigenvalue weighted by molar-refractivity contribution is -0.125. The van der Waals surface area contributed by atoms with Crippen LogP contribution in [0.4, 0.5) is 5.82 Å². The largest absolute Gasteiger partial charge is 0.355 e. The van der Waals surface area contributed by atoms with E-state index in [2.05, 4.69) is 37.5 Å². The summed E-state index contributed by atoms with van der Waals surface area (Å²) in [6.45, 7) is 1.97. The number of nitrogens with zero attached hydrogens (tertiary/aromatic N) is 5. The number of carbonyl (C=O) groups excluding carboxylic acids is 1. The quantitative estimate of drug-likeness (QED) is 0.678.